The second-order valence-electron chi connectivity index (χ2n) is 8.86. The molecule has 0 radical (unpaired) electrons. The molecule has 2 heterocycles. The van der Waals surface area contributed by atoms with Gasteiger partial charge in [0.15, 0.2) is 0 Å². The highest BCUT2D eigenvalue weighted by atomic mass is 35.5. The highest BCUT2D eigenvalue weighted by Crippen LogP contribution is 2.27. The van der Waals surface area contributed by atoms with Gasteiger partial charge in [-0.25, -0.2) is 4.39 Å². The Morgan fingerprint density at radius 1 is 1.11 bits per heavy atom. The molecule has 0 spiro atoms. The molecule has 0 atom stereocenters. The van der Waals surface area contributed by atoms with Crippen LogP contribution in [-0.4, -0.2) is 71.2 Å². The number of nitrogens with zero attached hydrogens (tertiary/aromatic N) is 5. The van der Waals surface area contributed by atoms with Crippen LogP contribution >= 0.6 is 11.6 Å². The Kier molecular flexibility index (Phi) is 9.59. The number of aromatic nitrogens is 2. The molecule has 1 fully saturated rings. The lowest BCUT2D eigenvalue weighted by atomic mass is 10.1. The zero-order valence-corrected chi connectivity index (χ0v) is 21.7. The Morgan fingerprint density at radius 3 is 2.42 bits per heavy atom. The molecule has 1 amide bonds. The number of hydrogen-bond donors (Lipinski definition) is 0. The first-order valence-electron chi connectivity index (χ1n) is 12.4. The summed E-state index contributed by atoms with van der Waals surface area (Å²) in [6.45, 7) is 9.03. The van der Waals surface area contributed by atoms with Crippen molar-refractivity contribution < 1.29 is 27.1 Å². The third kappa shape index (κ3) is 7.24. The molecule has 1 aromatic heterocycles. The number of ether oxygens (including phenoxy) is 1. The van der Waals surface area contributed by atoms with Gasteiger partial charge in [-0.2, -0.15) is 8.78 Å². The number of amides is 1. The molecular formula is C26H29ClF3N5O3. The van der Waals surface area contributed by atoms with E-state index >= 15 is 0 Å². The minimum atomic E-state index is -2.92. The van der Waals surface area contributed by atoms with Crippen molar-refractivity contribution in [1.29, 1.82) is 0 Å². The van der Waals surface area contributed by atoms with Crippen LogP contribution in [0.25, 0.3) is 11.5 Å². The maximum Gasteiger partial charge on any atom is 0.321 e. The van der Waals surface area contributed by atoms with Crippen molar-refractivity contribution in [2.75, 3.05) is 50.8 Å². The molecule has 4 rings (SSSR count). The first-order chi connectivity index (χ1) is 18.3. The van der Waals surface area contributed by atoms with E-state index in [1.807, 2.05) is 0 Å². The number of carbonyl (C=O) groups excluding carboxylic acids is 1. The Balaban J connectivity index is 1.32. The van der Waals surface area contributed by atoms with E-state index in [1.165, 1.54) is 17.0 Å². The second-order valence-corrected chi connectivity index (χ2v) is 9.19. The average molecular weight is 552 g/mol. The number of piperazine rings is 1. The highest BCUT2D eigenvalue weighted by Gasteiger charge is 2.20. The van der Waals surface area contributed by atoms with Crippen molar-refractivity contribution in [3.05, 3.63) is 59.7 Å². The van der Waals surface area contributed by atoms with Gasteiger partial charge >= 0.3 is 11.8 Å². The van der Waals surface area contributed by atoms with Crippen LogP contribution in [0, 0.1) is 5.82 Å². The van der Waals surface area contributed by atoms with Crippen molar-refractivity contribution in [3.8, 4) is 17.2 Å². The number of anilines is 1. The molecule has 0 aliphatic carbocycles. The van der Waals surface area contributed by atoms with Crippen LogP contribution in [-0.2, 0) is 6.54 Å². The van der Waals surface area contributed by atoms with E-state index in [4.69, 9.17) is 20.8 Å². The van der Waals surface area contributed by atoms with E-state index in [0.29, 0.717) is 18.0 Å². The molecule has 0 bridgehead atoms. The number of hydrogen-bond acceptors (Lipinski definition) is 7. The second kappa shape index (κ2) is 13.1. The van der Waals surface area contributed by atoms with Gasteiger partial charge in [0.05, 0.1) is 13.2 Å². The minimum absolute atomic E-state index is 0.138. The Labute approximate surface area is 223 Å². The summed E-state index contributed by atoms with van der Waals surface area (Å²) < 4.78 is 50.9. The summed E-state index contributed by atoms with van der Waals surface area (Å²) in [5.41, 5.74) is 0.767. The smallest absolute Gasteiger partial charge is 0.321 e. The summed E-state index contributed by atoms with van der Waals surface area (Å²) >= 11 is 5.80. The first-order valence-corrected chi connectivity index (χ1v) is 12.8. The average Bonchev–Trinajstić information content (AvgIpc) is 3.42. The summed E-state index contributed by atoms with van der Waals surface area (Å²) in [5.74, 6) is -1.10. The van der Waals surface area contributed by atoms with Gasteiger partial charge in [-0.15, -0.1) is 10.2 Å². The molecule has 0 N–H and O–H groups in total. The molecule has 204 valence electrons. The summed E-state index contributed by atoms with van der Waals surface area (Å²) in [7, 11) is 0. The van der Waals surface area contributed by atoms with Crippen LogP contribution in [0.5, 0.6) is 5.75 Å². The first kappa shape index (κ1) is 27.9. The van der Waals surface area contributed by atoms with Gasteiger partial charge in [0.2, 0.25) is 5.89 Å². The van der Waals surface area contributed by atoms with E-state index in [2.05, 4.69) is 26.9 Å². The van der Waals surface area contributed by atoms with Crippen molar-refractivity contribution in [3.63, 3.8) is 0 Å². The lowest BCUT2D eigenvalue weighted by molar-refractivity contribution is 0.116. The van der Waals surface area contributed by atoms with E-state index in [-0.39, 0.29) is 23.6 Å². The van der Waals surface area contributed by atoms with E-state index in [0.717, 1.165) is 51.8 Å². The molecule has 38 heavy (non-hydrogen) atoms. The summed E-state index contributed by atoms with van der Waals surface area (Å²) in [4.78, 5) is 18.2. The van der Waals surface area contributed by atoms with E-state index in [1.54, 1.807) is 24.3 Å². The standard InChI is InChI=1S/C26H29ClF3N5O3/c1-2-33-11-13-34(14-12-33)10-3-15-37-21-8-6-20(7-9-21)35(26(27)36)17-19-5-4-18(16-22(19)28)24-31-32-25(38-24)23(29)30/h4-9,16,23H,2-3,10-15,17H2,1H3. The lowest BCUT2D eigenvalue weighted by Gasteiger charge is -2.33. The monoisotopic (exact) mass is 551 g/mol. The van der Waals surface area contributed by atoms with Gasteiger partial charge < -0.3 is 19.0 Å². The molecule has 1 aliphatic rings. The summed E-state index contributed by atoms with van der Waals surface area (Å²) in [6.07, 6.45) is -2.02. The van der Waals surface area contributed by atoms with Crippen molar-refractivity contribution in [2.45, 2.75) is 26.3 Å². The molecule has 0 saturated carbocycles. The molecular weight excluding hydrogens is 523 g/mol. The number of carbonyl (C=O) groups is 1. The molecule has 1 aliphatic heterocycles. The predicted molar refractivity (Wildman–Crippen MR) is 137 cm³/mol. The van der Waals surface area contributed by atoms with Gasteiger partial charge in [0, 0.05) is 49.5 Å². The fourth-order valence-corrected chi connectivity index (χ4v) is 4.36. The Bertz CT molecular complexity index is 1200. The maximum atomic E-state index is 14.8. The van der Waals surface area contributed by atoms with Crippen molar-refractivity contribution >= 4 is 22.7 Å². The number of halogens is 4. The number of likely N-dealkylation sites (N-methyl/N-ethyl adjacent to an activating group) is 1. The van der Waals surface area contributed by atoms with Crippen molar-refractivity contribution in [1.82, 2.24) is 20.0 Å². The number of alkyl halides is 2. The van der Waals surface area contributed by atoms with Gasteiger partial charge in [-0.05, 0) is 61.0 Å². The quantitative estimate of drug-likeness (QED) is 0.175. The maximum absolute atomic E-state index is 14.8. The van der Waals surface area contributed by atoms with Crippen LogP contribution in [0.3, 0.4) is 0 Å². The van der Waals surface area contributed by atoms with Crippen LogP contribution in [0.2, 0.25) is 0 Å². The summed E-state index contributed by atoms with van der Waals surface area (Å²) in [6, 6.07) is 10.7. The number of rotatable bonds is 11. The molecule has 3 aromatic rings. The van der Waals surface area contributed by atoms with Crippen molar-refractivity contribution in [2.24, 2.45) is 0 Å². The van der Waals surface area contributed by atoms with Gasteiger partial charge in [0.1, 0.15) is 11.6 Å². The molecule has 12 heteroatoms. The van der Waals surface area contributed by atoms with Gasteiger partial charge in [-0.3, -0.25) is 9.69 Å². The fourth-order valence-electron chi connectivity index (χ4n) is 4.20. The van der Waals surface area contributed by atoms with Gasteiger partial charge in [-0.1, -0.05) is 13.0 Å². The molecule has 1 saturated heterocycles. The molecule has 0 unspecified atom stereocenters. The number of benzene rings is 2. The van der Waals surface area contributed by atoms with E-state index < -0.39 is 23.5 Å². The van der Waals surface area contributed by atoms with Crippen LogP contribution in [0.4, 0.5) is 23.7 Å². The van der Waals surface area contributed by atoms with Gasteiger partial charge in [0.25, 0.3) is 5.89 Å². The normalized spacial score (nSPS) is 14.7. The third-order valence-corrected chi connectivity index (χ3v) is 6.62. The zero-order chi connectivity index (χ0) is 27.1. The topological polar surface area (TPSA) is 74.9 Å². The minimum Gasteiger partial charge on any atom is -0.494 e. The van der Waals surface area contributed by atoms with Crippen LogP contribution in [0.15, 0.2) is 46.9 Å². The van der Waals surface area contributed by atoms with E-state index in [9.17, 15) is 18.0 Å². The summed E-state index contributed by atoms with van der Waals surface area (Å²) in [5, 5.41) is 5.97. The SMILES string of the molecule is CCN1CCN(CCCOc2ccc(N(Cc3ccc(-c4nnc(C(F)F)o4)cc3F)C(=O)Cl)cc2)CC1. The highest BCUT2D eigenvalue weighted by molar-refractivity contribution is 6.66. The zero-order valence-electron chi connectivity index (χ0n) is 21.0. The predicted octanol–water partition coefficient (Wildman–Crippen LogP) is 5.59. The largest absolute Gasteiger partial charge is 0.494 e. The Hall–Kier alpha value is -3.15. The molecule has 2 aromatic carbocycles. The lowest BCUT2D eigenvalue weighted by Crippen LogP contribution is -2.46. The third-order valence-electron chi connectivity index (χ3n) is 6.42. The Morgan fingerprint density at radius 2 is 1.82 bits per heavy atom. The van der Waals surface area contributed by atoms with Crippen LogP contribution in [0.1, 0.15) is 31.2 Å². The van der Waals surface area contributed by atoms with Crippen LogP contribution < -0.4 is 9.64 Å². The fraction of sp³-hybridized carbons (Fsp3) is 0.423. The molecule has 8 nitrogen and oxygen atoms in total.